The first-order chi connectivity index (χ1) is 19.4. The predicted molar refractivity (Wildman–Crippen MR) is 147 cm³/mol. The molecule has 2 aromatic heterocycles. The lowest BCUT2D eigenvalue weighted by molar-refractivity contribution is 0.0275. The number of hydrogen-bond acceptors (Lipinski definition) is 7. The van der Waals surface area contributed by atoms with Crippen molar-refractivity contribution in [2.24, 2.45) is 0 Å². The fourth-order valence-corrected chi connectivity index (χ4v) is 4.88. The van der Waals surface area contributed by atoms with Crippen LogP contribution in [-0.4, -0.2) is 57.3 Å². The second-order valence-corrected chi connectivity index (χ2v) is 10.9. The van der Waals surface area contributed by atoms with E-state index in [1.54, 1.807) is 40.8 Å². The number of ether oxygens (including phenoxy) is 3. The van der Waals surface area contributed by atoms with E-state index in [9.17, 15) is 18.0 Å². The van der Waals surface area contributed by atoms with E-state index in [1.807, 2.05) is 20.8 Å². The molecule has 12 heteroatoms. The molecule has 0 spiro atoms. The van der Waals surface area contributed by atoms with Crippen molar-refractivity contribution in [1.82, 2.24) is 19.3 Å². The topological polar surface area (TPSA) is 90.2 Å². The highest BCUT2D eigenvalue weighted by molar-refractivity contribution is 5.94. The van der Waals surface area contributed by atoms with Crippen molar-refractivity contribution in [3.8, 4) is 11.5 Å². The Hall–Kier alpha value is -4.22. The molecule has 2 atom stereocenters. The summed E-state index contributed by atoms with van der Waals surface area (Å²) in [4.78, 5) is 23.1. The number of fused-ring (bicyclic) bond motifs is 3. The van der Waals surface area contributed by atoms with E-state index in [2.05, 4.69) is 15.3 Å². The molecule has 9 nitrogen and oxygen atoms in total. The predicted octanol–water partition coefficient (Wildman–Crippen LogP) is 6.53. The molecule has 0 radical (unpaired) electrons. The zero-order valence-electron chi connectivity index (χ0n) is 23.5. The van der Waals surface area contributed by atoms with Crippen molar-refractivity contribution >= 4 is 28.6 Å². The Morgan fingerprint density at radius 1 is 1.17 bits per heavy atom. The summed E-state index contributed by atoms with van der Waals surface area (Å²) in [5.41, 5.74) is -0.489. The third-order valence-electron chi connectivity index (χ3n) is 6.83. The summed E-state index contributed by atoms with van der Waals surface area (Å²) in [5, 5.41) is 3.79. The Morgan fingerprint density at radius 2 is 1.93 bits per heavy atom. The van der Waals surface area contributed by atoms with Gasteiger partial charge in [0.2, 0.25) is 5.78 Å². The minimum absolute atomic E-state index is 0.0825. The van der Waals surface area contributed by atoms with Crippen molar-refractivity contribution in [1.29, 1.82) is 0 Å². The molecule has 5 rings (SSSR count). The van der Waals surface area contributed by atoms with Gasteiger partial charge >= 0.3 is 6.09 Å². The molecule has 1 unspecified atom stereocenters. The Labute approximate surface area is 235 Å². The molecule has 4 aromatic rings. The minimum Gasteiger partial charge on any atom is -0.493 e. The van der Waals surface area contributed by atoms with Gasteiger partial charge in [-0.1, -0.05) is 18.2 Å². The molecule has 218 valence electrons. The highest BCUT2D eigenvalue weighted by Crippen LogP contribution is 2.38. The average Bonchev–Trinajstić information content (AvgIpc) is 3.57. The Bertz CT molecular complexity index is 1590. The summed E-state index contributed by atoms with van der Waals surface area (Å²) >= 11 is 0. The van der Waals surface area contributed by atoms with Gasteiger partial charge in [-0.3, -0.25) is 4.40 Å². The molecule has 2 aromatic carbocycles. The summed E-state index contributed by atoms with van der Waals surface area (Å²) in [6.07, 6.45) is 0.308. The number of halogens is 3. The smallest absolute Gasteiger partial charge is 0.410 e. The number of hydrogen-bond donors (Lipinski definition) is 1. The van der Waals surface area contributed by atoms with Crippen molar-refractivity contribution in [3.63, 3.8) is 0 Å². The van der Waals surface area contributed by atoms with Crippen LogP contribution >= 0.6 is 0 Å². The number of benzene rings is 2. The molecule has 1 aliphatic rings. The quantitative estimate of drug-likeness (QED) is 0.270. The minimum atomic E-state index is -2.93. The number of nitrogens with zero attached hydrogens (tertiary/aromatic N) is 4. The van der Waals surface area contributed by atoms with Crippen molar-refractivity contribution < 1.29 is 32.2 Å². The van der Waals surface area contributed by atoms with E-state index in [0.717, 1.165) is 6.07 Å². The van der Waals surface area contributed by atoms with Crippen molar-refractivity contribution in [2.45, 2.75) is 58.3 Å². The molecule has 1 amide bonds. The molecule has 1 fully saturated rings. The molecule has 1 saturated heterocycles. The first-order valence-electron chi connectivity index (χ1n) is 13.3. The summed E-state index contributed by atoms with van der Waals surface area (Å²) in [6, 6.07) is 6.78. The molecule has 0 bridgehead atoms. The van der Waals surface area contributed by atoms with Gasteiger partial charge in [0.15, 0.2) is 11.5 Å². The van der Waals surface area contributed by atoms with Gasteiger partial charge in [0.05, 0.1) is 30.8 Å². The Kier molecular flexibility index (Phi) is 7.58. The number of alkyl halides is 2. The monoisotopic (exact) mass is 571 g/mol. The maximum Gasteiger partial charge on any atom is 0.410 e. The fourth-order valence-electron chi connectivity index (χ4n) is 4.88. The lowest BCUT2D eigenvalue weighted by Gasteiger charge is -2.24. The number of amides is 1. The van der Waals surface area contributed by atoms with Gasteiger partial charge in [-0.2, -0.15) is 4.98 Å². The number of methoxy groups -OCH3 is 1. The highest BCUT2D eigenvalue weighted by atomic mass is 19.3. The van der Waals surface area contributed by atoms with Gasteiger partial charge < -0.3 is 24.4 Å². The van der Waals surface area contributed by atoms with E-state index in [-0.39, 0.29) is 11.7 Å². The maximum atomic E-state index is 14.9. The third-order valence-corrected chi connectivity index (χ3v) is 6.83. The zero-order chi connectivity index (χ0) is 29.5. The van der Waals surface area contributed by atoms with Crippen LogP contribution < -0.4 is 14.8 Å². The Morgan fingerprint density at radius 3 is 2.63 bits per heavy atom. The van der Waals surface area contributed by atoms with Crippen LogP contribution in [0.2, 0.25) is 0 Å². The Balaban J connectivity index is 1.48. The van der Waals surface area contributed by atoms with Crippen LogP contribution in [0.15, 0.2) is 42.7 Å². The van der Waals surface area contributed by atoms with Crippen LogP contribution in [0.1, 0.15) is 57.7 Å². The SMILES string of the molecule is COc1cc2c(cc1OC1CCN(C(=O)OC(C)(C)C)C1)c(N[C@H](C)c1cccc(C(F)F)c1F)nc1nccn12. The molecule has 1 aliphatic heterocycles. The van der Waals surface area contributed by atoms with Gasteiger partial charge in [-0.05, 0) is 33.8 Å². The first-order valence-corrected chi connectivity index (χ1v) is 13.3. The summed E-state index contributed by atoms with van der Waals surface area (Å²) < 4.78 is 60.8. The molecule has 3 heterocycles. The van der Waals surface area contributed by atoms with E-state index < -0.39 is 35.5 Å². The lowest BCUT2D eigenvalue weighted by Crippen LogP contribution is -2.36. The van der Waals surface area contributed by atoms with Crippen LogP contribution in [0.3, 0.4) is 0 Å². The van der Waals surface area contributed by atoms with E-state index in [0.29, 0.717) is 53.5 Å². The number of nitrogens with one attached hydrogen (secondary N) is 1. The highest BCUT2D eigenvalue weighted by Gasteiger charge is 2.32. The summed E-state index contributed by atoms with van der Waals surface area (Å²) in [6.45, 7) is 7.95. The normalized spacial score (nSPS) is 16.4. The van der Waals surface area contributed by atoms with E-state index in [1.165, 1.54) is 19.2 Å². The zero-order valence-corrected chi connectivity index (χ0v) is 23.5. The van der Waals surface area contributed by atoms with Gasteiger partial charge in [-0.25, -0.2) is 22.9 Å². The van der Waals surface area contributed by atoms with Gasteiger partial charge in [-0.15, -0.1) is 0 Å². The number of imidazole rings is 1. The summed E-state index contributed by atoms with van der Waals surface area (Å²) in [5.74, 6) is 0.675. The van der Waals surface area contributed by atoms with E-state index >= 15 is 0 Å². The first kappa shape index (κ1) is 28.3. The largest absolute Gasteiger partial charge is 0.493 e. The molecule has 41 heavy (non-hydrogen) atoms. The number of rotatable bonds is 7. The number of carbonyl (C=O) groups is 1. The van der Waals surface area contributed by atoms with Crippen LogP contribution in [0.4, 0.5) is 23.8 Å². The maximum absolute atomic E-state index is 14.9. The average molecular weight is 572 g/mol. The second-order valence-electron chi connectivity index (χ2n) is 10.9. The number of aromatic nitrogens is 3. The van der Waals surface area contributed by atoms with Gasteiger partial charge in [0, 0.05) is 42.4 Å². The van der Waals surface area contributed by atoms with Crippen molar-refractivity contribution in [3.05, 3.63) is 59.7 Å². The fraction of sp³-hybridized carbons (Fsp3) is 0.414. The molecule has 0 saturated carbocycles. The van der Waals surface area contributed by atoms with Crippen LogP contribution in [0.25, 0.3) is 16.7 Å². The van der Waals surface area contributed by atoms with Crippen LogP contribution in [-0.2, 0) is 4.74 Å². The standard InChI is InChI=1S/C29H32F3N5O4/c1-16(18-7-6-8-19(24(18)30)25(31)32)34-26-20-13-23(22(39-5)14-21(20)37-12-10-33-27(37)35-26)40-17-9-11-36(15-17)28(38)41-29(2,3)4/h6-8,10,12-14,16-17,25H,9,11,15H2,1-5H3,(H,33,34,35)/t16-,17?/m1/s1. The summed E-state index contributed by atoms with van der Waals surface area (Å²) in [7, 11) is 1.53. The van der Waals surface area contributed by atoms with E-state index in [4.69, 9.17) is 14.2 Å². The number of anilines is 1. The third kappa shape index (κ3) is 5.82. The van der Waals surface area contributed by atoms with Crippen LogP contribution in [0.5, 0.6) is 11.5 Å². The second kappa shape index (κ2) is 11.0. The molecule has 1 N–H and O–H groups in total. The van der Waals surface area contributed by atoms with Crippen LogP contribution in [0, 0.1) is 5.82 Å². The molecule has 0 aliphatic carbocycles. The molecular formula is C29H32F3N5O4. The van der Waals surface area contributed by atoms with Gasteiger partial charge in [0.25, 0.3) is 6.43 Å². The lowest BCUT2D eigenvalue weighted by atomic mass is 10.0. The molecular weight excluding hydrogens is 539 g/mol. The van der Waals surface area contributed by atoms with Crippen molar-refractivity contribution in [2.75, 3.05) is 25.5 Å². The number of carbonyl (C=O) groups excluding carboxylic acids is 1. The number of likely N-dealkylation sites (tertiary alicyclic amines) is 1. The van der Waals surface area contributed by atoms with Gasteiger partial charge in [0.1, 0.15) is 23.3 Å².